The van der Waals surface area contributed by atoms with Crippen molar-refractivity contribution in [2.45, 2.75) is 148 Å². The van der Waals surface area contributed by atoms with Crippen LogP contribution in [0.25, 0.3) is 0 Å². The Morgan fingerprint density at radius 1 is 0.492 bits per heavy atom. The zero-order chi connectivity index (χ0) is 43.6. The number of allylic oxidation sites excluding steroid dienone is 28. The molecule has 0 saturated carbocycles. The summed E-state index contributed by atoms with van der Waals surface area (Å²) in [6.45, 7) is 27.0. The molecule has 3 nitrogen and oxygen atoms in total. The van der Waals surface area contributed by atoms with Crippen molar-refractivity contribution in [1.29, 1.82) is 5.26 Å². The highest BCUT2D eigenvalue weighted by molar-refractivity contribution is 5.65. The summed E-state index contributed by atoms with van der Waals surface area (Å²) in [4.78, 5) is 20.3. The second kappa shape index (κ2) is 28.6. The van der Waals surface area contributed by atoms with E-state index in [1.807, 2.05) is 36.4 Å². The fourth-order valence-corrected chi connectivity index (χ4v) is 7.85. The van der Waals surface area contributed by atoms with E-state index in [4.69, 9.17) is 5.26 Å². The van der Waals surface area contributed by atoms with Gasteiger partial charge >= 0.3 is 0 Å². The van der Waals surface area contributed by atoms with Crippen LogP contribution in [-0.2, 0) is 9.59 Å². The molecule has 320 valence electrons. The molecule has 0 heterocycles. The number of nitriles is 1. The van der Waals surface area contributed by atoms with E-state index in [1.54, 1.807) is 18.2 Å². The molecule has 0 bridgehead atoms. The molecule has 0 N–H and O–H groups in total. The van der Waals surface area contributed by atoms with Gasteiger partial charge < -0.3 is 0 Å². The van der Waals surface area contributed by atoms with Crippen LogP contribution in [0.1, 0.15) is 148 Å². The van der Waals surface area contributed by atoms with Crippen LogP contribution in [0.3, 0.4) is 0 Å². The fourth-order valence-electron chi connectivity index (χ4n) is 7.85. The second-order valence-corrected chi connectivity index (χ2v) is 17.8. The molecular formula is C56H79NO2. The molecule has 0 aromatic carbocycles. The number of carbonyl (C=O) groups is 2. The molecule has 0 radical (unpaired) electrons. The van der Waals surface area contributed by atoms with Crippen molar-refractivity contribution >= 4 is 12.6 Å². The third kappa shape index (κ3) is 21.7. The van der Waals surface area contributed by atoms with Gasteiger partial charge in [-0.3, -0.25) is 9.59 Å². The Morgan fingerprint density at radius 3 is 1.08 bits per heavy atom. The summed E-state index contributed by atoms with van der Waals surface area (Å²) in [5, 5.41) is 8.37. The van der Waals surface area contributed by atoms with Gasteiger partial charge in [0, 0.05) is 6.08 Å². The molecular weight excluding hydrogens is 719 g/mol. The van der Waals surface area contributed by atoms with Crippen LogP contribution in [0.15, 0.2) is 166 Å². The van der Waals surface area contributed by atoms with E-state index >= 15 is 0 Å². The minimum absolute atomic E-state index is 0. The maximum Gasteiger partial charge on any atom is 0.142 e. The minimum Gasteiger partial charge on any atom is -0.299 e. The van der Waals surface area contributed by atoms with Gasteiger partial charge in [0.05, 0.1) is 6.07 Å². The first-order valence-corrected chi connectivity index (χ1v) is 21.2. The van der Waals surface area contributed by atoms with Gasteiger partial charge in [-0.05, 0) is 144 Å². The number of rotatable bonds is 13. The number of nitrogens with zero attached hydrogens (tertiary/aromatic N) is 1. The van der Waals surface area contributed by atoms with Gasteiger partial charge in [0.1, 0.15) is 12.6 Å². The topological polar surface area (TPSA) is 57.9 Å². The molecule has 0 amide bonds. The van der Waals surface area contributed by atoms with Gasteiger partial charge in [0.25, 0.3) is 0 Å². The molecule has 0 spiro atoms. The standard InChI is InChI=1S/C19H25N.C19H26O.C17H24O.CH4/c2*1-16(10-7-5-6-8-15-20)12-13-18-17(2)11-9-14-19(18,3)4;1-14(8-5-6-13-18)10-11-16-15(2)9-7-12-17(16,3)4;/h5-8,10,12-13H,9,11,14H2,1-4H3;5-8,10,12-13,15H,9,11,14H2,1-4H3;5-6,8,10-11,13H,7,9,12H2,1-4H3;1H4/b2*7-5+,8-6+,13-12+,16-10+;6-5+,11-10+,14-8+;. The van der Waals surface area contributed by atoms with E-state index in [1.165, 1.54) is 121 Å². The summed E-state index contributed by atoms with van der Waals surface area (Å²) < 4.78 is 0. The van der Waals surface area contributed by atoms with E-state index in [2.05, 4.69) is 132 Å². The Hall–Kier alpha value is -4.81. The molecule has 0 saturated heterocycles. The minimum atomic E-state index is 0. The van der Waals surface area contributed by atoms with Crippen molar-refractivity contribution in [3.63, 3.8) is 0 Å². The third-order valence-corrected chi connectivity index (χ3v) is 11.2. The second-order valence-electron chi connectivity index (χ2n) is 17.8. The maximum absolute atomic E-state index is 10.2. The van der Waals surface area contributed by atoms with E-state index < -0.39 is 0 Å². The summed E-state index contributed by atoms with van der Waals surface area (Å²) in [7, 11) is 0. The quantitative estimate of drug-likeness (QED) is 0.0807. The average molecular weight is 798 g/mol. The predicted octanol–water partition coefficient (Wildman–Crippen LogP) is 16.4. The van der Waals surface area contributed by atoms with Crippen molar-refractivity contribution in [2.24, 2.45) is 16.2 Å². The highest BCUT2D eigenvalue weighted by atomic mass is 16.1. The summed E-state index contributed by atoms with van der Waals surface area (Å²) in [6, 6.07) is 1.97. The SMILES string of the molecule is C.CC1=C(/C=C/C(C)=C/C=C/C=C/C#N)C(C)(C)CCC1.CC1=C(/C=C/C(C)=C/C=C/C=C/C=O)C(C)(C)CCC1.CC1=C(/C=C/C(C)=C/C=C/C=O)C(C)(C)CCC1. The summed E-state index contributed by atoms with van der Waals surface area (Å²) >= 11 is 0. The zero-order valence-electron chi connectivity index (χ0n) is 38.3. The Bertz CT molecular complexity index is 1850. The van der Waals surface area contributed by atoms with Crippen LogP contribution in [0.4, 0.5) is 0 Å². The zero-order valence-corrected chi connectivity index (χ0v) is 38.3. The first-order valence-electron chi connectivity index (χ1n) is 21.2. The van der Waals surface area contributed by atoms with Crippen molar-refractivity contribution in [3.05, 3.63) is 166 Å². The van der Waals surface area contributed by atoms with Crippen LogP contribution >= 0.6 is 0 Å². The Balaban J connectivity index is 0.000000850. The average Bonchev–Trinajstić information content (AvgIpc) is 3.14. The largest absolute Gasteiger partial charge is 0.299 e. The first kappa shape index (κ1) is 54.2. The van der Waals surface area contributed by atoms with Gasteiger partial charge in [-0.25, -0.2) is 0 Å². The van der Waals surface area contributed by atoms with Crippen molar-refractivity contribution in [2.75, 3.05) is 0 Å². The first-order chi connectivity index (χ1) is 27.4. The van der Waals surface area contributed by atoms with E-state index in [0.29, 0.717) is 10.8 Å². The van der Waals surface area contributed by atoms with Gasteiger partial charge in [0.2, 0.25) is 0 Å². The monoisotopic (exact) mass is 798 g/mol. The van der Waals surface area contributed by atoms with Crippen molar-refractivity contribution in [1.82, 2.24) is 0 Å². The Kier molecular flexibility index (Phi) is 26.3. The van der Waals surface area contributed by atoms with Gasteiger partial charge in [-0.2, -0.15) is 5.26 Å². The van der Waals surface area contributed by atoms with Gasteiger partial charge in [0.15, 0.2) is 0 Å². The lowest BCUT2D eigenvalue weighted by molar-refractivity contribution is -0.104. The van der Waals surface area contributed by atoms with Crippen LogP contribution < -0.4 is 0 Å². The summed E-state index contributed by atoms with van der Waals surface area (Å²) in [6.07, 6.45) is 49.7. The van der Waals surface area contributed by atoms with E-state index in [-0.39, 0.29) is 12.8 Å². The van der Waals surface area contributed by atoms with Crippen molar-refractivity contribution in [3.8, 4) is 6.07 Å². The molecule has 0 aromatic heterocycles. The van der Waals surface area contributed by atoms with Crippen LogP contribution in [-0.4, -0.2) is 12.6 Å². The van der Waals surface area contributed by atoms with E-state index in [9.17, 15) is 9.59 Å². The molecule has 0 aliphatic heterocycles. The molecule has 0 aromatic rings. The third-order valence-electron chi connectivity index (χ3n) is 11.2. The lowest BCUT2D eigenvalue weighted by atomic mass is 9.72. The molecule has 3 aliphatic carbocycles. The number of carbonyl (C=O) groups excluding carboxylic acids is 2. The predicted molar refractivity (Wildman–Crippen MR) is 260 cm³/mol. The summed E-state index contributed by atoms with van der Waals surface area (Å²) in [5.74, 6) is 0. The van der Waals surface area contributed by atoms with Crippen molar-refractivity contribution < 1.29 is 9.59 Å². The van der Waals surface area contributed by atoms with Crippen LogP contribution in [0, 0.1) is 27.6 Å². The van der Waals surface area contributed by atoms with E-state index in [0.717, 1.165) is 18.1 Å². The summed E-state index contributed by atoms with van der Waals surface area (Å²) in [5.41, 5.74) is 13.5. The Morgan fingerprint density at radius 2 is 0.780 bits per heavy atom. The number of hydrogen-bond donors (Lipinski definition) is 0. The highest BCUT2D eigenvalue weighted by Crippen LogP contribution is 2.42. The Labute approximate surface area is 362 Å². The molecule has 0 unspecified atom stereocenters. The highest BCUT2D eigenvalue weighted by Gasteiger charge is 2.28. The van der Waals surface area contributed by atoms with Gasteiger partial charge in [-0.1, -0.05) is 180 Å². The maximum atomic E-state index is 10.2. The molecule has 0 fully saturated rings. The molecule has 3 heteroatoms. The lowest BCUT2D eigenvalue weighted by Gasteiger charge is -2.33. The number of hydrogen-bond acceptors (Lipinski definition) is 3. The normalized spacial score (nSPS) is 20.2. The lowest BCUT2D eigenvalue weighted by Crippen LogP contribution is -2.19. The fraction of sp³-hybridized carbons (Fsp3) is 0.446. The van der Waals surface area contributed by atoms with Crippen LogP contribution in [0.2, 0.25) is 0 Å². The smallest absolute Gasteiger partial charge is 0.142 e. The molecule has 3 aliphatic rings. The molecule has 0 atom stereocenters. The van der Waals surface area contributed by atoms with Gasteiger partial charge in [-0.15, -0.1) is 0 Å². The van der Waals surface area contributed by atoms with Crippen LogP contribution in [0.5, 0.6) is 0 Å². The number of aldehydes is 2. The molecule has 3 rings (SSSR count). The molecule has 59 heavy (non-hydrogen) atoms.